The van der Waals surface area contributed by atoms with Gasteiger partial charge in [0.05, 0.1) is 19.3 Å². The van der Waals surface area contributed by atoms with E-state index in [-0.39, 0.29) is 24.5 Å². The van der Waals surface area contributed by atoms with Gasteiger partial charge in [-0.3, -0.25) is 4.79 Å². The maximum Gasteiger partial charge on any atom is 0.355 e. The highest BCUT2D eigenvalue weighted by molar-refractivity contribution is 6.04. The molecular weight excluding hydrogens is 390 g/mol. The standard InChI is InChI=1S/C22H25NO7/c1-6-10-29-17-9-8-15(11-18(17)27-5)21(25)30-12-16(24)19-13(3)20(23-14(19)4)22(26)28-7-2/h6,8-9,11,23H,1,7,10,12H2,2-5H3. The third-order valence-corrected chi connectivity index (χ3v) is 4.29. The van der Waals surface area contributed by atoms with E-state index in [1.54, 1.807) is 32.9 Å². The van der Waals surface area contributed by atoms with Crippen molar-refractivity contribution in [3.05, 3.63) is 58.9 Å². The molecule has 2 rings (SSSR count). The van der Waals surface area contributed by atoms with Gasteiger partial charge in [-0.15, -0.1) is 0 Å². The highest BCUT2D eigenvalue weighted by Gasteiger charge is 2.24. The van der Waals surface area contributed by atoms with E-state index in [0.29, 0.717) is 28.3 Å². The Hall–Kier alpha value is -3.55. The van der Waals surface area contributed by atoms with Crippen molar-refractivity contribution >= 4 is 17.7 Å². The molecule has 1 heterocycles. The van der Waals surface area contributed by atoms with Gasteiger partial charge in [0.1, 0.15) is 12.3 Å². The number of aryl methyl sites for hydroxylation is 1. The molecule has 0 unspecified atom stereocenters. The number of rotatable bonds is 10. The monoisotopic (exact) mass is 415 g/mol. The fourth-order valence-corrected chi connectivity index (χ4v) is 2.92. The molecule has 0 bridgehead atoms. The number of methoxy groups -OCH3 is 1. The molecule has 8 heteroatoms. The molecule has 30 heavy (non-hydrogen) atoms. The van der Waals surface area contributed by atoms with Crippen LogP contribution in [0.3, 0.4) is 0 Å². The second kappa shape index (κ2) is 10.3. The maximum atomic E-state index is 12.6. The zero-order valence-electron chi connectivity index (χ0n) is 17.5. The van der Waals surface area contributed by atoms with E-state index in [9.17, 15) is 14.4 Å². The van der Waals surface area contributed by atoms with Crippen LogP contribution in [-0.2, 0) is 9.47 Å². The lowest BCUT2D eigenvalue weighted by molar-refractivity contribution is 0.0472. The average molecular weight is 415 g/mol. The number of hydrogen-bond acceptors (Lipinski definition) is 7. The second-order valence-electron chi connectivity index (χ2n) is 6.31. The normalized spacial score (nSPS) is 10.3. The lowest BCUT2D eigenvalue weighted by Crippen LogP contribution is -2.16. The first kappa shape index (κ1) is 22.7. The molecule has 0 saturated carbocycles. The van der Waals surface area contributed by atoms with E-state index in [4.69, 9.17) is 18.9 Å². The van der Waals surface area contributed by atoms with Gasteiger partial charge in [-0.25, -0.2) is 9.59 Å². The number of aromatic amines is 1. The Bertz CT molecular complexity index is 959. The Morgan fingerprint density at radius 1 is 1.10 bits per heavy atom. The van der Waals surface area contributed by atoms with E-state index in [1.807, 2.05) is 0 Å². The SMILES string of the molecule is C=CCOc1ccc(C(=O)OCC(=O)c2c(C)[nH]c(C(=O)OCC)c2C)cc1OC. The van der Waals surface area contributed by atoms with Crippen molar-refractivity contribution in [3.8, 4) is 11.5 Å². The number of esters is 2. The summed E-state index contributed by atoms with van der Waals surface area (Å²) in [5, 5.41) is 0. The molecule has 0 fully saturated rings. The number of nitrogens with one attached hydrogen (secondary N) is 1. The molecule has 0 aliphatic carbocycles. The summed E-state index contributed by atoms with van der Waals surface area (Å²) < 4.78 is 20.8. The van der Waals surface area contributed by atoms with Crippen LogP contribution in [-0.4, -0.2) is 49.6 Å². The fraction of sp³-hybridized carbons (Fsp3) is 0.318. The predicted molar refractivity (Wildman–Crippen MR) is 110 cm³/mol. The third-order valence-electron chi connectivity index (χ3n) is 4.29. The van der Waals surface area contributed by atoms with Crippen LogP contribution in [0.25, 0.3) is 0 Å². The van der Waals surface area contributed by atoms with Crippen molar-refractivity contribution in [2.24, 2.45) is 0 Å². The number of hydrogen-bond donors (Lipinski definition) is 1. The molecule has 0 radical (unpaired) electrons. The topological polar surface area (TPSA) is 104 Å². The summed E-state index contributed by atoms with van der Waals surface area (Å²) in [6.45, 7) is 8.61. The summed E-state index contributed by atoms with van der Waals surface area (Å²) in [5.41, 5.74) is 1.68. The molecular formula is C22H25NO7. The smallest absolute Gasteiger partial charge is 0.355 e. The molecule has 0 aliphatic rings. The van der Waals surface area contributed by atoms with Crippen LogP contribution in [0.2, 0.25) is 0 Å². The summed E-state index contributed by atoms with van der Waals surface area (Å²) >= 11 is 0. The van der Waals surface area contributed by atoms with Crippen molar-refractivity contribution in [2.45, 2.75) is 20.8 Å². The van der Waals surface area contributed by atoms with Gasteiger partial charge >= 0.3 is 11.9 Å². The average Bonchev–Trinajstić information content (AvgIpc) is 3.04. The van der Waals surface area contributed by atoms with Crippen molar-refractivity contribution in [1.82, 2.24) is 4.98 Å². The van der Waals surface area contributed by atoms with Crippen LogP contribution >= 0.6 is 0 Å². The van der Waals surface area contributed by atoms with Gasteiger partial charge in [-0.05, 0) is 44.5 Å². The molecule has 0 saturated heterocycles. The van der Waals surface area contributed by atoms with E-state index in [0.717, 1.165) is 0 Å². The number of carbonyl (C=O) groups is 3. The zero-order chi connectivity index (χ0) is 22.3. The molecule has 1 N–H and O–H groups in total. The zero-order valence-corrected chi connectivity index (χ0v) is 17.5. The number of benzene rings is 1. The van der Waals surface area contributed by atoms with Crippen LogP contribution in [0.5, 0.6) is 11.5 Å². The van der Waals surface area contributed by atoms with Crippen molar-refractivity contribution < 1.29 is 33.3 Å². The maximum absolute atomic E-state index is 12.6. The van der Waals surface area contributed by atoms with Crippen LogP contribution in [0.15, 0.2) is 30.9 Å². The van der Waals surface area contributed by atoms with Crippen LogP contribution in [0.4, 0.5) is 0 Å². The first-order valence-corrected chi connectivity index (χ1v) is 9.32. The number of ether oxygens (including phenoxy) is 4. The Morgan fingerprint density at radius 2 is 1.83 bits per heavy atom. The summed E-state index contributed by atoms with van der Waals surface area (Å²) in [7, 11) is 1.45. The molecule has 160 valence electrons. The first-order chi connectivity index (χ1) is 14.3. The summed E-state index contributed by atoms with van der Waals surface area (Å²) in [6.07, 6.45) is 1.59. The second-order valence-corrected chi connectivity index (χ2v) is 6.31. The molecule has 0 amide bonds. The Labute approximate surface area is 174 Å². The van der Waals surface area contributed by atoms with Gasteiger partial charge < -0.3 is 23.9 Å². The molecule has 0 aliphatic heterocycles. The molecule has 1 aromatic heterocycles. The van der Waals surface area contributed by atoms with Gasteiger partial charge in [0.25, 0.3) is 0 Å². The highest BCUT2D eigenvalue weighted by atomic mass is 16.5. The Morgan fingerprint density at radius 3 is 2.47 bits per heavy atom. The quantitative estimate of drug-likeness (QED) is 0.360. The minimum absolute atomic E-state index is 0.209. The number of ketones is 1. The van der Waals surface area contributed by atoms with Crippen LogP contribution < -0.4 is 9.47 Å². The minimum atomic E-state index is -0.687. The first-order valence-electron chi connectivity index (χ1n) is 9.32. The van der Waals surface area contributed by atoms with Gasteiger partial charge in [0, 0.05) is 11.3 Å². The summed E-state index contributed by atoms with van der Waals surface area (Å²) in [6, 6.07) is 4.56. The molecule has 0 atom stereocenters. The summed E-state index contributed by atoms with van der Waals surface area (Å²) in [4.78, 5) is 39.8. The molecule has 8 nitrogen and oxygen atoms in total. The van der Waals surface area contributed by atoms with Crippen molar-refractivity contribution in [1.29, 1.82) is 0 Å². The van der Waals surface area contributed by atoms with Crippen molar-refractivity contribution in [3.63, 3.8) is 0 Å². The van der Waals surface area contributed by atoms with Gasteiger partial charge in [0.15, 0.2) is 18.1 Å². The van der Waals surface area contributed by atoms with Crippen LogP contribution in [0, 0.1) is 13.8 Å². The minimum Gasteiger partial charge on any atom is -0.493 e. The van der Waals surface area contributed by atoms with E-state index < -0.39 is 24.3 Å². The lowest BCUT2D eigenvalue weighted by Gasteiger charge is -2.11. The Kier molecular flexibility index (Phi) is 7.80. The highest BCUT2D eigenvalue weighted by Crippen LogP contribution is 2.28. The van der Waals surface area contributed by atoms with E-state index in [1.165, 1.54) is 19.2 Å². The number of aromatic nitrogens is 1. The predicted octanol–water partition coefficient (Wildman–Crippen LogP) is 3.42. The largest absolute Gasteiger partial charge is 0.493 e. The molecule has 2 aromatic rings. The number of Topliss-reactive ketones (excluding diaryl/α,β-unsaturated/α-hetero) is 1. The van der Waals surface area contributed by atoms with Gasteiger partial charge in [0.2, 0.25) is 5.78 Å². The van der Waals surface area contributed by atoms with Crippen LogP contribution in [0.1, 0.15) is 49.4 Å². The fourth-order valence-electron chi connectivity index (χ4n) is 2.92. The lowest BCUT2D eigenvalue weighted by atomic mass is 10.1. The molecule has 0 spiro atoms. The summed E-state index contributed by atoms with van der Waals surface area (Å²) in [5.74, 6) is -0.847. The van der Waals surface area contributed by atoms with E-state index in [2.05, 4.69) is 11.6 Å². The number of H-pyrrole nitrogens is 1. The molecule has 1 aromatic carbocycles. The third kappa shape index (κ3) is 5.08. The van der Waals surface area contributed by atoms with Gasteiger partial charge in [-0.1, -0.05) is 12.7 Å². The van der Waals surface area contributed by atoms with E-state index >= 15 is 0 Å². The van der Waals surface area contributed by atoms with Crippen molar-refractivity contribution in [2.75, 3.05) is 26.9 Å². The Balaban J connectivity index is 2.10. The number of carbonyl (C=O) groups excluding carboxylic acids is 3. The van der Waals surface area contributed by atoms with Gasteiger partial charge in [-0.2, -0.15) is 0 Å².